The van der Waals surface area contributed by atoms with Crippen LogP contribution in [0.25, 0.3) is 0 Å². The van der Waals surface area contributed by atoms with Gasteiger partial charge in [-0.25, -0.2) is 14.4 Å². The SMILES string of the molecule is CN(C)C(=O)COCC[C@@H]1CCOC2(C1)CN(c1ncc(F)cn1)C2. The standard InChI is InChI=1S/C17H25FN4O3/c1-21(2)15(23)10-24-5-3-13-4-6-25-17(7-13)11-22(12-17)16-19-8-14(18)9-20-16/h8-9,13H,3-7,10-12H2,1-2H3/t13-/m1/s1. The Morgan fingerprint density at radius 1 is 1.44 bits per heavy atom. The fourth-order valence-corrected chi connectivity index (χ4v) is 3.39. The highest BCUT2D eigenvalue weighted by atomic mass is 19.1. The summed E-state index contributed by atoms with van der Waals surface area (Å²) in [5.41, 5.74) is -0.153. The second-order valence-corrected chi connectivity index (χ2v) is 7.08. The minimum Gasteiger partial charge on any atom is -0.372 e. The zero-order valence-electron chi connectivity index (χ0n) is 14.8. The van der Waals surface area contributed by atoms with Gasteiger partial charge in [0.05, 0.1) is 25.5 Å². The van der Waals surface area contributed by atoms with Crippen molar-refractivity contribution in [2.45, 2.75) is 24.9 Å². The van der Waals surface area contributed by atoms with E-state index in [9.17, 15) is 9.18 Å². The second kappa shape index (κ2) is 7.61. The Kier molecular flexibility index (Phi) is 5.48. The number of halogens is 1. The number of amides is 1. The van der Waals surface area contributed by atoms with Crippen LogP contribution in [0.4, 0.5) is 10.3 Å². The van der Waals surface area contributed by atoms with Crippen molar-refractivity contribution in [2.75, 3.05) is 51.9 Å². The van der Waals surface area contributed by atoms with Crippen molar-refractivity contribution in [2.24, 2.45) is 5.92 Å². The molecule has 3 heterocycles. The highest BCUT2D eigenvalue weighted by molar-refractivity contribution is 5.76. The zero-order chi connectivity index (χ0) is 17.9. The average molecular weight is 352 g/mol. The van der Waals surface area contributed by atoms with Crippen LogP contribution in [0.5, 0.6) is 0 Å². The minimum absolute atomic E-state index is 0.0163. The van der Waals surface area contributed by atoms with Crippen molar-refractivity contribution in [1.82, 2.24) is 14.9 Å². The topological polar surface area (TPSA) is 67.8 Å². The Labute approximate surface area is 147 Å². The Morgan fingerprint density at radius 2 is 2.16 bits per heavy atom. The van der Waals surface area contributed by atoms with Crippen molar-refractivity contribution in [3.05, 3.63) is 18.2 Å². The first-order chi connectivity index (χ1) is 12.0. The fraction of sp³-hybridized carbons (Fsp3) is 0.706. The third-order valence-corrected chi connectivity index (χ3v) is 4.84. The number of carbonyl (C=O) groups is 1. The van der Waals surface area contributed by atoms with Crippen LogP contribution >= 0.6 is 0 Å². The Hall–Kier alpha value is -1.80. The van der Waals surface area contributed by atoms with Crippen LogP contribution in [0.1, 0.15) is 19.3 Å². The number of rotatable bonds is 6. The molecule has 2 aliphatic rings. The molecule has 0 aliphatic carbocycles. The van der Waals surface area contributed by atoms with Crippen LogP contribution in [0.3, 0.4) is 0 Å². The van der Waals surface area contributed by atoms with Gasteiger partial charge in [0, 0.05) is 27.3 Å². The van der Waals surface area contributed by atoms with E-state index < -0.39 is 5.82 Å². The van der Waals surface area contributed by atoms with E-state index in [1.165, 1.54) is 17.3 Å². The fourth-order valence-electron chi connectivity index (χ4n) is 3.39. The van der Waals surface area contributed by atoms with Crippen LogP contribution < -0.4 is 4.90 Å². The molecule has 0 saturated carbocycles. The van der Waals surface area contributed by atoms with Crippen molar-refractivity contribution < 1.29 is 18.7 Å². The predicted octanol–water partition coefficient (Wildman–Crippen LogP) is 1.10. The Bertz CT molecular complexity index is 590. The number of hydrogen-bond donors (Lipinski definition) is 0. The average Bonchev–Trinajstić information content (AvgIpc) is 2.57. The number of ether oxygens (including phenoxy) is 2. The monoisotopic (exact) mass is 352 g/mol. The summed E-state index contributed by atoms with van der Waals surface area (Å²) in [5.74, 6) is 0.626. The molecular weight excluding hydrogens is 327 g/mol. The minimum atomic E-state index is -0.430. The van der Waals surface area contributed by atoms with Gasteiger partial charge < -0.3 is 19.3 Å². The maximum atomic E-state index is 12.9. The molecule has 3 rings (SSSR count). The summed E-state index contributed by atoms with van der Waals surface area (Å²) in [5, 5.41) is 0. The number of anilines is 1. The van der Waals surface area contributed by atoms with E-state index in [2.05, 4.69) is 9.97 Å². The van der Waals surface area contributed by atoms with Gasteiger partial charge in [0.15, 0.2) is 5.82 Å². The van der Waals surface area contributed by atoms with Gasteiger partial charge in [0.25, 0.3) is 0 Å². The van der Waals surface area contributed by atoms with Gasteiger partial charge in [-0.05, 0) is 25.2 Å². The third kappa shape index (κ3) is 4.43. The second-order valence-electron chi connectivity index (χ2n) is 7.08. The summed E-state index contributed by atoms with van der Waals surface area (Å²) >= 11 is 0. The lowest BCUT2D eigenvalue weighted by molar-refractivity contribution is -0.134. The van der Waals surface area contributed by atoms with E-state index in [4.69, 9.17) is 9.47 Å². The van der Waals surface area contributed by atoms with Crippen molar-refractivity contribution >= 4 is 11.9 Å². The van der Waals surface area contributed by atoms with Crippen molar-refractivity contribution in [3.63, 3.8) is 0 Å². The van der Waals surface area contributed by atoms with E-state index in [0.717, 1.165) is 39.0 Å². The molecule has 0 unspecified atom stereocenters. The van der Waals surface area contributed by atoms with Gasteiger partial charge in [-0.15, -0.1) is 0 Å². The smallest absolute Gasteiger partial charge is 0.248 e. The molecule has 1 aromatic rings. The van der Waals surface area contributed by atoms with Crippen LogP contribution in [0.15, 0.2) is 12.4 Å². The molecular formula is C17H25FN4O3. The zero-order valence-corrected chi connectivity index (χ0v) is 14.8. The molecule has 8 heteroatoms. The quantitative estimate of drug-likeness (QED) is 0.714. The number of nitrogens with zero attached hydrogens (tertiary/aromatic N) is 4. The van der Waals surface area contributed by atoms with Crippen LogP contribution in [-0.4, -0.2) is 73.4 Å². The molecule has 138 valence electrons. The summed E-state index contributed by atoms with van der Waals surface area (Å²) in [6.45, 7) is 2.92. The maximum absolute atomic E-state index is 12.9. The Morgan fingerprint density at radius 3 is 2.84 bits per heavy atom. The van der Waals surface area contributed by atoms with Gasteiger partial charge in [-0.3, -0.25) is 4.79 Å². The maximum Gasteiger partial charge on any atom is 0.248 e. The molecule has 1 spiro atoms. The number of aromatic nitrogens is 2. The van der Waals surface area contributed by atoms with E-state index in [1.54, 1.807) is 14.1 Å². The van der Waals surface area contributed by atoms with Gasteiger partial charge >= 0.3 is 0 Å². The normalized spacial score (nSPS) is 21.9. The van der Waals surface area contributed by atoms with Gasteiger partial charge in [0.2, 0.25) is 11.9 Å². The summed E-state index contributed by atoms with van der Waals surface area (Å²) in [4.78, 5) is 23.1. The first-order valence-electron chi connectivity index (χ1n) is 8.62. The van der Waals surface area contributed by atoms with Crippen molar-refractivity contribution in [1.29, 1.82) is 0 Å². The molecule has 2 saturated heterocycles. The molecule has 1 atom stereocenters. The van der Waals surface area contributed by atoms with Crippen LogP contribution in [0.2, 0.25) is 0 Å². The summed E-state index contributed by atoms with van der Waals surface area (Å²) in [6.07, 6.45) is 5.28. The predicted molar refractivity (Wildman–Crippen MR) is 89.7 cm³/mol. The van der Waals surface area contributed by atoms with E-state index >= 15 is 0 Å². The molecule has 1 aromatic heterocycles. The summed E-state index contributed by atoms with van der Waals surface area (Å²) in [7, 11) is 3.45. The van der Waals surface area contributed by atoms with Crippen LogP contribution in [-0.2, 0) is 14.3 Å². The third-order valence-electron chi connectivity index (χ3n) is 4.84. The van der Waals surface area contributed by atoms with Gasteiger partial charge in [-0.1, -0.05) is 0 Å². The molecule has 0 radical (unpaired) electrons. The van der Waals surface area contributed by atoms with Gasteiger partial charge in [0.1, 0.15) is 12.2 Å². The molecule has 25 heavy (non-hydrogen) atoms. The van der Waals surface area contributed by atoms with Gasteiger partial charge in [-0.2, -0.15) is 0 Å². The molecule has 2 aliphatic heterocycles. The molecule has 2 fully saturated rings. The summed E-state index contributed by atoms with van der Waals surface area (Å²) in [6, 6.07) is 0. The number of hydrogen-bond acceptors (Lipinski definition) is 6. The molecule has 0 N–H and O–H groups in total. The Balaban J connectivity index is 1.41. The lowest BCUT2D eigenvalue weighted by atomic mass is 9.79. The highest BCUT2D eigenvalue weighted by Gasteiger charge is 2.48. The summed E-state index contributed by atoms with van der Waals surface area (Å²) < 4.78 is 24.4. The van der Waals surface area contributed by atoms with E-state index in [1.807, 2.05) is 4.90 Å². The van der Waals surface area contributed by atoms with E-state index in [0.29, 0.717) is 18.5 Å². The first-order valence-corrected chi connectivity index (χ1v) is 8.62. The lowest BCUT2D eigenvalue weighted by Crippen LogP contribution is -2.66. The number of carbonyl (C=O) groups excluding carboxylic acids is 1. The van der Waals surface area contributed by atoms with Crippen molar-refractivity contribution in [3.8, 4) is 0 Å². The molecule has 0 aromatic carbocycles. The highest BCUT2D eigenvalue weighted by Crippen LogP contribution is 2.39. The lowest BCUT2D eigenvalue weighted by Gasteiger charge is -2.53. The van der Waals surface area contributed by atoms with Crippen LogP contribution in [0, 0.1) is 11.7 Å². The molecule has 7 nitrogen and oxygen atoms in total. The van der Waals surface area contributed by atoms with E-state index in [-0.39, 0.29) is 18.1 Å². The first kappa shape index (κ1) is 18.0. The number of likely N-dealkylation sites (N-methyl/N-ethyl adjacent to an activating group) is 1. The largest absolute Gasteiger partial charge is 0.372 e. The molecule has 1 amide bonds. The molecule has 0 bridgehead atoms.